The van der Waals surface area contributed by atoms with Gasteiger partial charge >= 0.3 is 5.97 Å². The van der Waals surface area contributed by atoms with Crippen molar-refractivity contribution in [3.63, 3.8) is 0 Å². The maximum atomic E-state index is 12.5. The number of nitro groups is 1. The Morgan fingerprint density at radius 1 is 1.15 bits per heavy atom. The van der Waals surface area contributed by atoms with Crippen molar-refractivity contribution in [2.75, 3.05) is 11.9 Å². The molecule has 0 spiro atoms. The van der Waals surface area contributed by atoms with Gasteiger partial charge in [-0.3, -0.25) is 19.7 Å². The SMILES string of the molecule is Cc1cc(C)c([N+](=O)[O-])cc1C(=O)Nc1ccc(OCCCC(=O)O)cc1. The first-order valence-electron chi connectivity index (χ1n) is 8.29. The molecular formula is C19H20N2O6. The van der Waals surface area contributed by atoms with E-state index in [1.54, 1.807) is 44.2 Å². The molecule has 2 N–H and O–H groups in total. The number of hydrogen-bond donors (Lipinski definition) is 2. The van der Waals surface area contributed by atoms with Crippen LogP contribution in [0.4, 0.5) is 11.4 Å². The molecule has 1 amide bonds. The highest BCUT2D eigenvalue weighted by Gasteiger charge is 2.18. The van der Waals surface area contributed by atoms with Gasteiger partial charge in [0, 0.05) is 29.3 Å². The highest BCUT2D eigenvalue weighted by Crippen LogP contribution is 2.24. The van der Waals surface area contributed by atoms with Crippen molar-refractivity contribution >= 4 is 23.3 Å². The van der Waals surface area contributed by atoms with Gasteiger partial charge in [-0.1, -0.05) is 0 Å². The molecule has 0 heterocycles. The van der Waals surface area contributed by atoms with E-state index in [1.807, 2.05) is 0 Å². The monoisotopic (exact) mass is 372 g/mol. The lowest BCUT2D eigenvalue weighted by molar-refractivity contribution is -0.385. The van der Waals surface area contributed by atoms with Crippen molar-refractivity contribution < 1.29 is 24.4 Å². The second kappa shape index (κ2) is 8.79. The van der Waals surface area contributed by atoms with Crippen LogP contribution in [0, 0.1) is 24.0 Å². The molecule has 27 heavy (non-hydrogen) atoms. The largest absolute Gasteiger partial charge is 0.494 e. The van der Waals surface area contributed by atoms with Gasteiger partial charge in [-0.2, -0.15) is 0 Å². The average molecular weight is 372 g/mol. The minimum atomic E-state index is -0.872. The highest BCUT2D eigenvalue weighted by atomic mass is 16.6. The predicted molar refractivity (Wildman–Crippen MR) is 99.3 cm³/mol. The molecule has 0 atom stereocenters. The Kier molecular flexibility index (Phi) is 6.48. The van der Waals surface area contributed by atoms with Crippen LogP contribution in [0.25, 0.3) is 0 Å². The lowest BCUT2D eigenvalue weighted by Gasteiger charge is -2.10. The number of amides is 1. The number of benzene rings is 2. The van der Waals surface area contributed by atoms with Crippen LogP contribution in [0.5, 0.6) is 5.75 Å². The molecule has 2 rings (SSSR count). The van der Waals surface area contributed by atoms with Crippen LogP contribution in [0.2, 0.25) is 0 Å². The Labute approximate surface area is 155 Å². The fourth-order valence-electron chi connectivity index (χ4n) is 2.53. The summed E-state index contributed by atoms with van der Waals surface area (Å²) in [6.07, 6.45) is 0.440. The fraction of sp³-hybridized carbons (Fsp3) is 0.263. The van der Waals surface area contributed by atoms with E-state index < -0.39 is 16.8 Å². The van der Waals surface area contributed by atoms with Crippen molar-refractivity contribution in [2.45, 2.75) is 26.7 Å². The molecule has 0 aliphatic heterocycles. The topological polar surface area (TPSA) is 119 Å². The number of rotatable bonds is 8. The Morgan fingerprint density at radius 3 is 2.41 bits per heavy atom. The molecule has 0 aliphatic carbocycles. The second-order valence-corrected chi connectivity index (χ2v) is 6.03. The first-order chi connectivity index (χ1) is 12.8. The van der Waals surface area contributed by atoms with Crippen LogP contribution in [-0.2, 0) is 4.79 Å². The molecule has 0 radical (unpaired) electrons. The second-order valence-electron chi connectivity index (χ2n) is 6.03. The van der Waals surface area contributed by atoms with Gasteiger partial charge in [0.25, 0.3) is 11.6 Å². The van der Waals surface area contributed by atoms with Gasteiger partial charge in [0.2, 0.25) is 0 Å². The Balaban J connectivity index is 2.03. The van der Waals surface area contributed by atoms with Crippen molar-refractivity contribution in [2.24, 2.45) is 0 Å². The van der Waals surface area contributed by atoms with Crippen molar-refractivity contribution in [1.82, 2.24) is 0 Å². The molecule has 2 aromatic rings. The van der Waals surface area contributed by atoms with E-state index in [9.17, 15) is 19.7 Å². The minimum absolute atomic E-state index is 0.0379. The molecular weight excluding hydrogens is 352 g/mol. The molecule has 0 aliphatic rings. The van der Waals surface area contributed by atoms with Gasteiger partial charge in [-0.25, -0.2) is 0 Å². The molecule has 2 aromatic carbocycles. The zero-order valence-electron chi connectivity index (χ0n) is 15.0. The van der Waals surface area contributed by atoms with Crippen LogP contribution in [0.15, 0.2) is 36.4 Å². The molecule has 0 bridgehead atoms. The third-order valence-corrected chi connectivity index (χ3v) is 3.90. The molecule has 8 nitrogen and oxygen atoms in total. The van der Waals surface area contributed by atoms with Crippen molar-refractivity contribution in [3.05, 3.63) is 63.2 Å². The van der Waals surface area contributed by atoms with E-state index in [1.165, 1.54) is 6.07 Å². The highest BCUT2D eigenvalue weighted by molar-refractivity contribution is 6.05. The summed E-state index contributed by atoms with van der Waals surface area (Å²) in [7, 11) is 0. The summed E-state index contributed by atoms with van der Waals surface area (Å²) in [6.45, 7) is 3.63. The Hall–Kier alpha value is -3.42. The number of carboxylic acids is 1. The molecule has 142 valence electrons. The van der Waals surface area contributed by atoms with Gasteiger partial charge in [0.1, 0.15) is 5.75 Å². The number of carbonyl (C=O) groups is 2. The number of carboxylic acid groups (broad SMARTS) is 1. The van der Waals surface area contributed by atoms with Crippen LogP contribution in [0.1, 0.15) is 34.3 Å². The average Bonchev–Trinajstić information content (AvgIpc) is 2.59. The van der Waals surface area contributed by atoms with Gasteiger partial charge in [0.15, 0.2) is 0 Å². The normalized spacial score (nSPS) is 10.3. The number of hydrogen-bond acceptors (Lipinski definition) is 5. The molecule has 0 saturated heterocycles. The Morgan fingerprint density at radius 2 is 1.81 bits per heavy atom. The minimum Gasteiger partial charge on any atom is -0.494 e. The van der Waals surface area contributed by atoms with E-state index in [0.717, 1.165) is 0 Å². The number of anilines is 1. The number of nitrogens with zero attached hydrogens (tertiary/aromatic N) is 1. The molecule has 0 aromatic heterocycles. The van der Waals surface area contributed by atoms with Crippen LogP contribution >= 0.6 is 0 Å². The zero-order chi connectivity index (χ0) is 20.0. The lowest BCUT2D eigenvalue weighted by atomic mass is 10.0. The first kappa shape index (κ1) is 19.9. The van der Waals surface area contributed by atoms with E-state index in [4.69, 9.17) is 9.84 Å². The predicted octanol–water partition coefficient (Wildman–Crippen LogP) is 3.71. The van der Waals surface area contributed by atoms with E-state index in [0.29, 0.717) is 29.0 Å². The van der Waals surface area contributed by atoms with Gasteiger partial charge in [-0.05, 0) is 56.2 Å². The van der Waals surface area contributed by atoms with Gasteiger partial charge in [0.05, 0.1) is 11.5 Å². The summed E-state index contributed by atoms with van der Waals surface area (Å²) in [6, 6.07) is 9.48. The molecule has 0 unspecified atom stereocenters. The quantitative estimate of drug-likeness (QED) is 0.414. The maximum absolute atomic E-state index is 12.5. The van der Waals surface area contributed by atoms with Gasteiger partial charge < -0.3 is 15.2 Å². The molecule has 0 fully saturated rings. The number of aliphatic carboxylic acids is 1. The number of nitro benzene ring substituents is 1. The number of ether oxygens (including phenoxy) is 1. The summed E-state index contributed by atoms with van der Waals surface area (Å²) in [5, 5.41) is 22.3. The summed E-state index contributed by atoms with van der Waals surface area (Å²) in [5.74, 6) is -0.755. The van der Waals surface area contributed by atoms with Crippen molar-refractivity contribution in [3.8, 4) is 5.75 Å². The maximum Gasteiger partial charge on any atom is 0.303 e. The van der Waals surface area contributed by atoms with E-state index in [-0.39, 0.29) is 24.3 Å². The number of aryl methyl sites for hydroxylation is 2. The Bertz CT molecular complexity index is 861. The lowest BCUT2D eigenvalue weighted by Crippen LogP contribution is -2.14. The fourth-order valence-corrected chi connectivity index (χ4v) is 2.53. The summed E-state index contributed by atoms with van der Waals surface area (Å²) in [4.78, 5) is 33.5. The molecule has 0 saturated carbocycles. The third kappa shape index (κ3) is 5.53. The molecule has 8 heteroatoms. The zero-order valence-corrected chi connectivity index (χ0v) is 15.0. The first-order valence-corrected chi connectivity index (χ1v) is 8.29. The smallest absolute Gasteiger partial charge is 0.303 e. The number of nitrogens with one attached hydrogen (secondary N) is 1. The number of carbonyl (C=O) groups excluding carboxylic acids is 1. The van der Waals surface area contributed by atoms with E-state index in [2.05, 4.69) is 5.32 Å². The van der Waals surface area contributed by atoms with Crippen molar-refractivity contribution in [1.29, 1.82) is 0 Å². The van der Waals surface area contributed by atoms with Crippen LogP contribution in [-0.4, -0.2) is 28.5 Å². The summed E-state index contributed by atoms with van der Waals surface area (Å²) < 4.78 is 5.42. The van der Waals surface area contributed by atoms with Gasteiger partial charge in [-0.15, -0.1) is 0 Å². The van der Waals surface area contributed by atoms with E-state index >= 15 is 0 Å². The summed E-state index contributed by atoms with van der Waals surface area (Å²) >= 11 is 0. The van der Waals surface area contributed by atoms with Crippen LogP contribution < -0.4 is 10.1 Å². The third-order valence-electron chi connectivity index (χ3n) is 3.90. The summed E-state index contributed by atoms with van der Waals surface area (Å²) in [5.41, 5.74) is 1.80. The standard InChI is InChI=1S/C19H20N2O6/c1-12-10-13(2)17(21(25)26)11-16(12)19(24)20-14-5-7-15(8-6-14)27-9-3-4-18(22)23/h5-8,10-11H,3-4,9H2,1-2H3,(H,20,24)(H,22,23). The van der Waals surface area contributed by atoms with Crippen LogP contribution in [0.3, 0.4) is 0 Å².